The maximum absolute atomic E-state index is 6.21. The molecule has 1 unspecified atom stereocenters. The minimum absolute atomic E-state index is 0.253. The molecule has 0 aliphatic carbocycles. The lowest BCUT2D eigenvalue weighted by atomic mass is 10.0. The largest absolute Gasteiger partial charge is 0.310 e. The summed E-state index contributed by atoms with van der Waals surface area (Å²) in [6.07, 6.45) is 4.83. The van der Waals surface area contributed by atoms with Gasteiger partial charge in [-0.15, -0.1) is 0 Å². The molecule has 0 fully saturated rings. The predicted molar refractivity (Wildman–Crippen MR) is 74.8 cm³/mol. The van der Waals surface area contributed by atoms with Gasteiger partial charge < -0.3 is 5.32 Å². The molecule has 2 aromatic rings. The van der Waals surface area contributed by atoms with Gasteiger partial charge in [0.15, 0.2) is 0 Å². The Morgan fingerprint density at radius 2 is 2.17 bits per heavy atom. The van der Waals surface area contributed by atoms with Crippen molar-refractivity contribution < 1.29 is 0 Å². The molecule has 18 heavy (non-hydrogen) atoms. The second-order valence-electron chi connectivity index (χ2n) is 4.35. The molecule has 0 radical (unpaired) electrons. The van der Waals surface area contributed by atoms with Gasteiger partial charge in [0.2, 0.25) is 0 Å². The lowest BCUT2D eigenvalue weighted by molar-refractivity contribution is 0.549. The van der Waals surface area contributed by atoms with Crippen LogP contribution in [0.25, 0.3) is 0 Å². The minimum Gasteiger partial charge on any atom is -0.310 e. The summed E-state index contributed by atoms with van der Waals surface area (Å²) in [4.78, 5) is 0. The number of nitrogens with one attached hydrogen (secondary N) is 1. The number of rotatable bonds is 5. The Kier molecular flexibility index (Phi) is 4.39. The highest BCUT2D eigenvalue weighted by Gasteiger charge is 2.14. The predicted octanol–water partition coefficient (Wildman–Crippen LogP) is 2.97. The van der Waals surface area contributed by atoms with Crippen LogP contribution in [-0.4, -0.2) is 16.3 Å². The van der Waals surface area contributed by atoms with Crippen LogP contribution in [0.1, 0.15) is 24.1 Å². The zero-order valence-corrected chi connectivity index (χ0v) is 11.5. The Bertz CT molecular complexity index is 507. The van der Waals surface area contributed by atoms with E-state index >= 15 is 0 Å². The van der Waals surface area contributed by atoms with Gasteiger partial charge in [0.25, 0.3) is 0 Å². The molecule has 0 bridgehead atoms. The molecule has 0 saturated heterocycles. The number of hydrogen-bond donors (Lipinski definition) is 1. The van der Waals surface area contributed by atoms with E-state index < -0.39 is 0 Å². The summed E-state index contributed by atoms with van der Waals surface area (Å²) < 4.78 is 1.83. The average molecular weight is 264 g/mol. The molecule has 1 heterocycles. The number of aryl methyl sites for hydroxylation is 1. The van der Waals surface area contributed by atoms with Crippen LogP contribution in [0.5, 0.6) is 0 Å². The van der Waals surface area contributed by atoms with Gasteiger partial charge in [-0.2, -0.15) is 5.10 Å². The van der Waals surface area contributed by atoms with Crippen LogP contribution in [0.3, 0.4) is 0 Å². The van der Waals surface area contributed by atoms with Gasteiger partial charge in [-0.1, -0.05) is 36.7 Å². The van der Waals surface area contributed by atoms with E-state index in [1.54, 1.807) is 0 Å². The number of hydrogen-bond acceptors (Lipinski definition) is 2. The van der Waals surface area contributed by atoms with Crippen molar-refractivity contribution in [3.8, 4) is 0 Å². The highest BCUT2D eigenvalue weighted by molar-refractivity contribution is 6.31. The second-order valence-corrected chi connectivity index (χ2v) is 4.76. The Morgan fingerprint density at radius 3 is 2.78 bits per heavy atom. The summed E-state index contributed by atoms with van der Waals surface area (Å²) in [5.41, 5.74) is 2.35. The summed E-state index contributed by atoms with van der Waals surface area (Å²) in [6.45, 7) is 3.03. The third-order valence-electron chi connectivity index (χ3n) is 2.96. The Morgan fingerprint density at radius 1 is 1.39 bits per heavy atom. The zero-order valence-electron chi connectivity index (χ0n) is 10.7. The fourth-order valence-corrected chi connectivity index (χ4v) is 2.27. The molecule has 0 spiro atoms. The van der Waals surface area contributed by atoms with E-state index in [1.807, 2.05) is 42.3 Å². The van der Waals surface area contributed by atoms with Crippen LogP contribution in [-0.2, 0) is 13.5 Å². The molecule has 0 saturated carbocycles. The molecular formula is C14H18ClN3. The molecule has 1 N–H and O–H groups in total. The summed E-state index contributed by atoms with van der Waals surface area (Å²) in [7, 11) is 1.93. The normalized spacial score (nSPS) is 12.6. The van der Waals surface area contributed by atoms with Crippen molar-refractivity contribution in [1.29, 1.82) is 0 Å². The van der Waals surface area contributed by atoms with Crippen molar-refractivity contribution in [3.63, 3.8) is 0 Å². The summed E-state index contributed by atoms with van der Waals surface area (Å²) in [6, 6.07) is 8.24. The average Bonchev–Trinajstić information content (AvgIpc) is 2.78. The number of benzene rings is 1. The Balaban J connectivity index is 2.19. The third-order valence-corrected chi connectivity index (χ3v) is 3.33. The van der Waals surface area contributed by atoms with Crippen LogP contribution in [0, 0.1) is 0 Å². The first-order valence-corrected chi connectivity index (χ1v) is 6.54. The maximum atomic E-state index is 6.21. The monoisotopic (exact) mass is 263 g/mol. The topological polar surface area (TPSA) is 29.9 Å². The summed E-state index contributed by atoms with van der Waals surface area (Å²) in [5, 5.41) is 8.53. The molecular weight excluding hydrogens is 246 g/mol. The Labute approximate surface area is 113 Å². The highest BCUT2D eigenvalue weighted by Crippen LogP contribution is 2.23. The van der Waals surface area contributed by atoms with E-state index in [2.05, 4.69) is 23.4 Å². The lowest BCUT2D eigenvalue weighted by Gasteiger charge is -2.17. The number of likely N-dealkylation sites (N-methyl/N-ethyl adjacent to an activating group) is 1. The third kappa shape index (κ3) is 3.12. The second kappa shape index (κ2) is 6.03. The molecule has 1 aromatic heterocycles. The van der Waals surface area contributed by atoms with Crippen LogP contribution < -0.4 is 5.32 Å². The van der Waals surface area contributed by atoms with Gasteiger partial charge in [0.1, 0.15) is 0 Å². The van der Waals surface area contributed by atoms with E-state index in [4.69, 9.17) is 11.6 Å². The number of aromatic nitrogens is 2. The summed E-state index contributed by atoms with van der Waals surface area (Å²) in [5.74, 6) is 0. The molecule has 3 nitrogen and oxygen atoms in total. The van der Waals surface area contributed by atoms with Gasteiger partial charge in [-0.25, -0.2) is 0 Å². The molecule has 2 rings (SSSR count). The fourth-order valence-electron chi connectivity index (χ4n) is 2.06. The zero-order chi connectivity index (χ0) is 13.0. The van der Waals surface area contributed by atoms with E-state index in [-0.39, 0.29) is 6.04 Å². The molecule has 0 amide bonds. The van der Waals surface area contributed by atoms with Crippen LogP contribution in [0.2, 0.25) is 5.02 Å². The van der Waals surface area contributed by atoms with E-state index in [0.29, 0.717) is 0 Å². The first-order chi connectivity index (χ1) is 8.70. The van der Waals surface area contributed by atoms with Gasteiger partial charge in [0, 0.05) is 29.9 Å². The van der Waals surface area contributed by atoms with Gasteiger partial charge in [-0.3, -0.25) is 4.68 Å². The molecule has 96 valence electrons. The quantitative estimate of drug-likeness (QED) is 0.899. The first kappa shape index (κ1) is 13.1. The summed E-state index contributed by atoms with van der Waals surface area (Å²) >= 11 is 6.21. The van der Waals surface area contributed by atoms with Crippen LogP contribution in [0.15, 0.2) is 36.7 Å². The molecule has 1 aromatic carbocycles. The first-order valence-electron chi connectivity index (χ1n) is 6.16. The smallest absolute Gasteiger partial charge is 0.0537 e. The SMILES string of the molecule is CCNC(Cc1ccccc1Cl)c1cnn(C)c1. The van der Waals surface area contributed by atoms with Gasteiger partial charge >= 0.3 is 0 Å². The number of halogens is 1. The molecule has 4 heteroatoms. The van der Waals surface area contributed by atoms with Crippen LogP contribution in [0.4, 0.5) is 0 Å². The van der Waals surface area contributed by atoms with Crippen molar-refractivity contribution in [2.24, 2.45) is 7.05 Å². The fraction of sp³-hybridized carbons (Fsp3) is 0.357. The molecule has 0 aliphatic heterocycles. The van der Waals surface area contributed by atoms with E-state index in [1.165, 1.54) is 5.56 Å². The van der Waals surface area contributed by atoms with Crippen LogP contribution >= 0.6 is 11.6 Å². The number of nitrogens with zero attached hydrogens (tertiary/aromatic N) is 2. The van der Waals surface area contributed by atoms with E-state index in [9.17, 15) is 0 Å². The van der Waals surface area contributed by atoms with Crippen molar-refractivity contribution in [3.05, 3.63) is 52.8 Å². The lowest BCUT2D eigenvalue weighted by Crippen LogP contribution is -2.22. The van der Waals surface area contributed by atoms with Crippen molar-refractivity contribution in [1.82, 2.24) is 15.1 Å². The minimum atomic E-state index is 0.253. The maximum Gasteiger partial charge on any atom is 0.0537 e. The van der Waals surface area contributed by atoms with E-state index in [0.717, 1.165) is 23.6 Å². The highest BCUT2D eigenvalue weighted by atomic mass is 35.5. The molecule has 1 atom stereocenters. The van der Waals surface area contributed by atoms with Crippen molar-refractivity contribution >= 4 is 11.6 Å². The van der Waals surface area contributed by atoms with Gasteiger partial charge in [-0.05, 0) is 24.6 Å². The standard InChI is InChI=1S/C14H18ClN3/c1-3-16-14(12-9-17-18(2)10-12)8-11-6-4-5-7-13(11)15/h4-7,9-10,14,16H,3,8H2,1-2H3. The van der Waals surface area contributed by atoms with Crippen molar-refractivity contribution in [2.45, 2.75) is 19.4 Å². The van der Waals surface area contributed by atoms with Gasteiger partial charge in [0.05, 0.1) is 6.20 Å². The van der Waals surface area contributed by atoms with Crippen molar-refractivity contribution in [2.75, 3.05) is 6.54 Å². The Hall–Kier alpha value is -1.32. The molecule has 0 aliphatic rings.